The number of esters is 3. The van der Waals surface area contributed by atoms with Crippen LogP contribution >= 0.6 is 11.3 Å². The topological polar surface area (TPSA) is 91.4 Å². The summed E-state index contributed by atoms with van der Waals surface area (Å²) in [7, 11) is 3.78. The van der Waals surface area contributed by atoms with Gasteiger partial charge in [0, 0.05) is 18.0 Å². The monoisotopic (exact) mass is 357 g/mol. The van der Waals surface area contributed by atoms with Gasteiger partial charge in [-0.25, -0.2) is 9.59 Å². The van der Waals surface area contributed by atoms with Crippen LogP contribution in [0.25, 0.3) is 0 Å². The lowest BCUT2D eigenvalue weighted by molar-refractivity contribution is -0.139. The van der Waals surface area contributed by atoms with E-state index in [-0.39, 0.29) is 16.9 Å². The number of anilines is 1. The lowest BCUT2D eigenvalue weighted by Gasteiger charge is -2.29. The van der Waals surface area contributed by atoms with Gasteiger partial charge in [-0.3, -0.25) is 4.79 Å². The summed E-state index contributed by atoms with van der Waals surface area (Å²) < 4.78 is 19.7. The predicted molar refractivity (Wildman–Crippen MR) is 85.8 cm³/mol. The minimum absolute atomic E-state index is 0.125. The lowest BCUT2D eigenvalue weighted by Crippen LogP contribution is -2.37. The van der Waals surface area contributed by atoms with Crippen molar-refractivity contribution in [3.63, 3.8) is 0 Å². The zero-order valence-electron chi connectivity index (χ0n) is 13.7. The molecular weight excluding hydrogens is 338 g/mol. The normalized spacial score (nSPS) is 14.2. The van der Waals surface area contributed by atoms with Crippen LogP contribution in [0.4, 0.5) is 5.69 Å². The van der Waals surface area contributed by atoms with Crippen LogP contribution in [0, 0.1) is 0 Å². The van der Waals surface area contributed by atoms with Crippen molar-refractivity contribution in [2.75, 3.05) is 52.5 Å². The summed E-state index contributed by atoms with van der Waals surface area (Å²) in [5.74, 6) is -1.68. The number of morpholine rings is 1. The van der Waals surface area contributed by atoms with Gasteiger partial charge in [0.15, 0.2) is 0 Å². The van der Waals surface area contributed by atoms with Crippen LogP contribution in [0.2, 0.25) is 0 Å². The highest BCUT2D eigenvalue weighted by molar-refractivity contribution is 7.15. The van der Waals surface area contributed by atoms with Crippen LogP contribution < -0.4 is 4.90 Å². The van der Waals surface area contributed by atoms with E-state index in [1.54, 1.807) is 0 Å². The molecule has 1 saturated heterocycles. The highest BCUT2D eigenvalue weighted by Gasteiger charge is 2.33. The molecule has 1 fully saturated rings. The molecule has 0 bridgehead atoms. The fourth-order valence-electron chi connectivity index (χ4n) is 2.43. The highest BCUT2D eigenvalue weighted by Crippen LogP contribution is 2.38. The van der Waals surface area contributed by atoms with Gasteiger partial charge in [0.2, 0.25) is 0 Å². The van der Waals surface area contributed by atoms with Crippen LogP contribution in [0.5, 0.6) is 0 Å². The van der Waals surface area contributed by atoms with Gasteiger partial charge >= 0.3 is 17.9 Å². The minimum Gasteiger partial charge on any atom is -0.469 e. The molecule has 24 heavy (non-hydrogen) atoms. The second kappa shape index (κ2) is 8.11. The minimum atomic E-state index is -0.609. The lowest BCUT2D eigenvalue weighted by atomic mass is 10.1. The van der Waals surface area contributed by atoms with Gasteiger partial charge in [0.25, 0.3) is 0 Å². The quantitative estimate of drug-likeness (QED) is 0.566. The van der Waals surface area contributed by atoms with Crippen LogP contribution in [-0.4, -0.2) is 65.5 Å². The molecule has 2 rings (SSSR count). The van der Waals surface area contributed by atoms with Crippen molar-refractivity contribution in [1.29, 1.82) is 0 Å². The maximum absolute atomic E-state index is 12.3. The molecule has 132 valence electrons. The maximum Gasteiger partial charge on any atom is 0.350 e. The molecule has 0 unspecified atom stereocenters. The van der Waals surface area contributed by atoms with Crippen molar-refractivity contribution in [3.8, 4) is 0 Å². The van der Waals surface area contributed by atoms with Crippen LogP contribution in [0.1, 0.15) is 24.9 Å². The molecule has 0 spiro atoms. The fraction of sp³-hybridized carbons (Fsp3) is 0.533. The Hall–Kier alpha value is -2.13. The Balaban J connectivity index is 2.58. The van der Waals surface area contributed by atoms with Gasteiger partial charge < -0.3 is 23.8 Å². The van der Waals surface area contributed by atoms with Crippen molar-refractivity contribution < 1.29 is 33.3 Å². The molecule has 2 heterocycles. The van der Waals surface area contributed by atoms with Gasteiger partial charge in [-0.2, -0.15) is 0 Å². The summed E-state index contributed by atoms with van der Waals surface area (Å²) in [6, 6.07) is 0. The molecule has 0 N–H and O–H groups in total. The van der Waals surface area contributed by atoms with E-state index in [0.29, 0.717) is 36.9 Å². The van der Waals surface area contributed by atoms with Crippen molar-refractivity contribution in [2.45, 2.75) is 6.42 Å². The Bertz CT molecular complexity index is 634. The first-order chi connectivity index (χ1) is 11.5. The summed E-state index contributed by atoms with van der Waals surface area (Å²) in [5, 5.41) is 0. The summed E-state index contributed by atoms with van der Waals surface area (Å²) in [6.45, 7) is 1.98. The second-order valence-electron chi connectivity index (χ2n) is 4.91. The summed E-state index contributed by atoms with van der Waals surface area (Å²) in [6.07, 6.45) is -0.125. The first kappa shape index (κ1) is 18.2. The van der Waals surface area contributed by atoms with E-state index in [9.17, 15) is 14.4 Å². The number of carbonyl (C=O) groups is 3. The van der Waals surface area contributed by atoms with Crippen molar-refractivity contribution in [3.05, 3.63) is 15.3 Å². The largest absolute Gasteiger partial charge is 0.469 e. The molecule has 0 radical (unpaired) electrons. The zero-order chi connectivity index (χ0) is 17.7. The van der Waals surface area contributed by atoms with Crippen LogP contribution in [0.3, 0.4) is 0 Å². The molecule has 0 aliphatic carbocycles. The SMILES string of the molecule is COC(=O)Cc1sc(C(=O)OC)c(N2CCOCC2)c1C(=O)OC. The Kier molecular flexibility index (Phi) is 6.16. The van der Waals surface area contributed by atoms with Gasteiger partial charge in [0.1, 0.15) is 4.88 Å². The molecule has 1 aliphatic rings. The number of ether oxygens (including phenoxy) is 4. The molecule has 0 saturated carbocycles. The molecule has 0 amide bonds. The number of carbonyl (C=O) groups excluding carboxylic acids is 3. The van der Waals surface area contributed by atoms with Crippen molar-refractivity contribution in [2.24, 2.45) is 0 Å². The zero-order valence-corrected chi connectivity index (χ0v) is 14.6. The average molecular weight is 357 g/mol. The van der Waals surface area contributed by atoms with Gasteiger partial charge in [-0.1, -0.05) is 0 Å². The van der Waals surface area contributed by atoms with Gasteiger partial charge in [-0.15, -0.1) is 11.3 Å². The Morgan fingerprint density at radius 2 is 1.67 bits per heavy atom. The summed E-state index contributed by atoms with van der Waals surface area (Å²) in [5.41, 5.74) is 0.635. The first-order valence-corrected chi connectivity index (χ1v) is 8.06. The molecule has 1 aromatic rings. The molecular formula is C15H19NO7S. The summed E-state index contributed by atoms with van der Waals surface area (Å²) >= 11 is 1.04. The van der Waals surface area contributed by atoms with E-state index >= 15 is 0 Å². The highest BCUT2D eigenvalue weighted by atomic mass is 32.1. The van der Waals surface area contributed by atoms with Crippen molar-refractivity contribution >= 4 is 34.9 Å². The molecule has 9 heteroatoms. The number of nitrogens with zero attached hydrogens (tertiary/aromatic N) is 1. The third-order valence-electron chi connectivity index (χ3n) is 3.58. The Morgan fingerprint density at radius 3 is 2.21 bits per heavy atom. The van der Waals surface area contributed by atoms with Crippen LogP contribution in [-0.2, 0) is 30.2 Å². The Morgan fingerprint density at radius 1 is 1.04 bits per heavy atom. The summed E-state index contributed by atoms with van der Waals surface area (Å²) in [4.78, 5) is 38.7. The third kappa shape index (κ3) is 3.68. The number of hydrogen-bond acceptors (Lipinski definition) is 9. The molecule has 1 aromatic heterocycles. The first-order valence-electron chi connectivity index (χ1n) is 7.25. The maximum atomic E-state index is 12.3. The number of thiophene rings is 1. The second-order valence-corrected chi connectivity index (χ2v) is 6.02. The molecule has 0 atom stereocenters. The van der Waals surface area contributed by atoms with Gasteiger partial charge in [-0.05, 0) is 0 Å². The molecule has 0 aromatic carbocycles. The van der Waals surface area contributed by atoms with Crippen molar-refractivity contribution in [1.82, 2.24) is 0 Å². The predicted octanol–water partition coefficient (Wildman–Crippen LogP) is 0.873. The van der Waals surface area contributed by atoms with E-state index in [1.807, 2.05) is 4.90 Å². The van der Waals surface area contributed by atoms with E-state index in [1.165, 1.54) is 21.3 Å². The fourth-order valence-corrected chi connectivity index (χ4v) is 3.64. The average Bonchev–Trinajstić information content (AvgIpc) is 2.99. The number of hydrogen-bond donors (Lipinski definition) is 0. The van der Waals surface area contributed by atoms with E-state index in [2.05, 4.69) is 4.74 Å². The van der Waals surface area contributed by atoms with E-state index < -0.39 is 17.9 Å². The van der Waals surface area contributed by atoms with E-state index in [4.69, 9.17) is 14.2 Å². The molecule has 1 aliphatic heterocycles. The number of methoxy groups -OCH3 is 3. The third-order valence-corrected chi connectivity index (χ3v) is 4.74. The standard InChI is InChI=1S/C15H19NO7S/c1-20-10(17)8-9-11(14(18)21-2)12(13(24-9)15(19)22-3)16-4-6-23-7-5-16/h4-8H2,1-3H3. The van der Waals surface area contributed by atoms with E-state index in [0.717, 1.165) is 11.3 Å². The van der Waals surface area contributed by atoms with Gasteiger partial charge in [0.05, 0.1) is 52.2 Å². The smallest absolute Gasteiger partial charge is 0.350 e. The molecule has 8 nitrogen and oxygen atoms in total. The van der Waals surface area contributed by atoms with Crippen LogP contribution in [0.15, 0.2) is 0 Å². The number of rotatable bonds is 5. The Labute approximate surface area is 143 Å².